The van der Waals surface area contributed by atoms with Crippen LogP contribution in [0.1, 0.15) is 33.6 Å². The lowest BCUT2D eigenvalue weighted by atomic mass is 9.77. The summed E-state index contributed by atoms with van der Waals surface area (Å²) in [5.41, 5.74) is 2.94. The molecular weight excluding hydrogens is 342 g/mol. The molecule has 140 valence electrons. The minimum absolute atomic E-state index is 0.0203. The monoisotopic (exact) mass is 365 g/mol. The van der Waals surface area contributed by atoms with Gasteiger partial charge < -0.3 is 15.0 Å². The number of hydrogen-bond acceptors (Lipinski definition) is 4. The van der Waals surface area contributed by atoms with Crippen LogP contribution in [0, 0.1) is 13.8 Å². The van der Waals surface area contributed by atoms with Crippen molar-refractivity contribution in [2.75, 3.05) is 19.7 Å². The number of ether oxygens (including phenoxy) is 1. The van der Waals surface area contributed by atoms with Gasteiger partial charge in [-0.3, -0.25) is 14.6 Å². The van der Waals surface area contributed by atoms with Crippen molar-refractivity contribution in [3.05, 3.63) is 65.0 Å². The van der Waals surface area contributed by atoms with Gasteiger partial charge in [-0.05, 0) is 37.5 Å². The fourth-order valence-corrected chi connectivity index (χ4v) is 3.98. The van der Waals surface area contributed by atoms with Gasteiger partial charge in [0.1, 0.15) is 12.7 Å². The van der Waals surface area contributed by atoms with Gasteiger partial charge in [0.15, 0.2) is 0 Å². The number of nitrogens with one attached hydrogen (secondary N) is 1. The Labute approximate surface area is 158 Å². The second-order valence-electron chi connectivity index (χ2n) is 7.31. The van der Waals surface area contributed by atoms with Crippen molar-refractivity contribution in [2.45, 2.75) is 31.9 Å². The summed E-state index contributed by atoms with van der Waals surface area (Å²) < 4.78 is 5.89. The van der Waals surface area contributed by atoms with Crippen molar-refractivity contribution in [1.29, 1.82) is 0 Å². The van der Waals surface area contributed by atoms with Gasteiger partial charge in [0.05, 0.1) is 11.1 Å². The molecule has 1 aromatic carbocycles. The van der Waals surface area contributed by atoms with E-state index < -0.39 is 5.54 Å². The maximum atomic E-state index is 13.0. The van der Waals surface area contributed by atoms with Gasteiger partial charge in [0, 0.05) is 25.0 Å². The number of hydrogen-bond donors (Lipinski definition) is 1. The van der Waals surface area contributed by atoms with Crippen molar-refractivity contribution < 1.29 is 14.3 Å². The Morgan fingerprint density at radius 3 is 2.81 bits per heavy atom. The lowest BCUT2D eigenvalue weighted by Crippen LogP contribution is -2.67. The number of morpholine rings is 1. The Kier molecular flexibility index (Phi) is 4.44. The average Bonchev–Trinajstić information content (AvgIpc) is 2.69. The summed E-state index contributed by atoms with van der Waals surface area (Å²) in [7, 11) is 0. The zero-order valence-electron chi connectivity index (χ0n) is 15.6. The summed E-state index contributed by atoms with van der Waals surface area (Å²) in [4.78, 5) is 31.2. The first kappa shape index (κ1) is 17.7. The summed E-state index contributed by atoms with van der Waals surface area (Å²) in [5.74, 6) is -0.166. The molecule has 2 aliphatic heterocycles. The van der Waals surface area contributed by atoms with Crippen molar-refractivity contribution in [2.24, 2.45) is 0 Å². The molecule has 6 heteroatoms. The fraction of sp³-hybridized carbons (Fsp3) is 0.381. The zero-order valence-corrected chi connectivity index (χ0v) is 15.6. The van der Waals surface area contributed by atoms with Crippen molar-refractivity contribution in [1.82, 2.24) is 15.2 Å². The van der Waals surface area contributed by atoms with E-state index in [1.807, 2.05) is 50.2 Å². The smallest absolute Gasteiger partial charge is 0.255 e. The fourth-order valence-electron chi connectivity index (χ4n) is 3.98. The quantitative estimate of drug-likeness (QED) is 0.883. The Bertz CT molecular complexity index is 883. The third-order valence-corrected chi connectivity index (χ3v) is 5.65. The molecule has 0 unspecified atom stereocenters. The van der Waals surface area contributed by atoms with Crippen LogP contribution in [0.3, 0.4) is 0 Å². The van der Waals surface area contributed by atoms with E-state index in [0.29, 0.717) is 25.1 Å². The van der Waals surface area contributed by atoms with Gasteiger partial charge in [0.2, 0.25) is 5.91 Å². The highest BCUT2D eigenvalue weighted by Crippen LogP contribution is 2.37. The summed E-state index contributed by atoms with van der Waals surface area (Å²) in [5, 5.41) is 3.15. The SMILES string of the molecule is Cc1cc(C(=O)N2CC[C@@]3(c4ccccc4)NC(=O)CO[C@@H]3C2)cnc1C. The number of pyridine rings is 1. The van der Waals surface area contributed by atoms with Gasteiger partial charge in [-0.1, -0.05) is 30.3 Å². The number of likely N-dealkylation sites (tertiary alicyclic amines) is 1. The molecule has 1 N–H and O–H groups in total. The van der Waals surface area contributed by atoms with Crippen LogP contribution in [0.15, 0.2) is 42.6 Å². The number of benzene rings is 1. The first-order valence-electron chi connectivity index (χ1n) is 9.20. The number of amides is 2. The van der Waals surface area contributed by atoms with Gasteiger partial charge in [-0.15, -0.1) is 0 Å². The first-order valence-corrected chi connectivity index (χ1v) is 9.20. The van der Waals surface area contributed by atoms with Gasteiger partial charge in [-0.25, -0.2) is 0 Å². The Morgan fingerprint density at radius 1 is 1.30 bits per heavy atom. The zero-order chi connectivity index (χ0) is 19.0. The number of piperidine rings is 1. The molecule has 0 aliphatic carbocycles. The predicted octanol–water partition coefficient (Wildman–Crippen LogP) is 1.95. The molecule has 0 saturated carbocycles. The number of nitrogens with zero attached hydrogens (tertiary/aromatic N) is 2. The highest BCUT2D eigenvalue weighted by molar-refractivity contribution is 5.94. The molecule has 0 spiro atoms. The van der Waals surface area contributed by atoms with Crippen LogP contribution in [0.4, 0.5) is 0 Å². The topological polar surface area (TPSA) is 71.5 Å². The Hall–Kier alpha value is -2.73. The van der Waals surface area contributed by atoms with E-state index in [1.54, 1.807) is 11.1 Å². The Morgan fingerprint density at radius 2 is 2.07 bits per heavy atom. The van der Waals surface area contributed by atoms with E-state index >= 15 is 0 Å². The van der Waals surface area contributed by atoms with Crippen LogP contribution in [-0.4, -0.2) is 47.5 Å². The number of fused-ring (bicyclic) bond motifs is 1. The molecule has 2 fully saturated rings. The van der Waals surface area contributed by atoms with Gasteiger partial charge in [0.25, 0.3) is 5.91 Å². The van der Waals surface area contributed by atoms with Crippen LogP contribution in [0.25, 0.3) is 0 Å². The van der Waals surface area contributed by atoms with Gasteiger partial charge in [-0.2, -0.15) is 0 Å². The predicted molar refractivity (Wildman–Crippen MR) is 100 cm³/mol. The number of rotatable bonds is 2. The van der Waals surface area contributed by atoms with E-state index in [-0.39, 0.29) is 24.5 Å². The third kappa shape index (κ3) is 3.10. The lowest BCUT2D eigenvalue weighted by molar-refractivity contribution is -0.150. The minimum atomic E-state index is -0.588. The average molecular weight is 365 g/mol. The standard InChI is InChI=1S/C21H23N3O3/c1-14-10-16(11-22-15(14)2)20(26)24-9-8-21(17-6-4-3-5-7-17)18(12-24)27-13-19(25)23-21/h3-7,10-11,18H,8-9,12-13H2,1-2H3,(H,23,25)/t18-,21+/m1/s1. The molecular formula is C21H23N3O3. The molecule has 2 amide bonds. The molecule has 2 aromatic rings. The molecule has 6 nitrogen and oxygen atoms in total. The Balaban J connectivity index is 1.61. The lowest BCUT2D eigenvalue weighted by Gasteiger charge is -2.50. The highest BCUT2D eigenvalue weighted by atomic mass is 16.5. The summed E-state index contributed by atoms with van der Waals surface area (Å²) in [6.07, 6.45) is 1.96. The molecule has 4 rings (SSSR count). The normalized spacial score (nSPS) is 24.9. The third-order valence-electron chi connectivity index (χ3n) is 5.65. The molecule has 1 aromatic heterocycles. The van der Waals surface area contributed by atoms with E-state index in [1.165, 1.54) is 0 Å². The number of carbonyl (C=O) groups is 2. The molecule has 2 atom stereocenters. The first-order chi connectivity index (χ1) is 13.0. The minimum Gasteiger partial charge on any atom is -0.364 e. The van der Waals surface area contributed by atoms with Crippen molar-refractivity contribution >= 4 is 11.8 Å². The second-order valence-corrected chi connectivity index (χ2v) is 7.31. The summed E-state index contributed by atoms with van der Waals surface area (Å²) >= 11 is 0. The molecule has 27 heavy (non-hydrogen) atoms. The van der Waals surface area contributed by atoms with Crippen LogP contribution >= 0.6 is 0 Å². The number of aromatic nitrogens is 1. The molecule has 2 saturated heterocycles. The van der Waals surface area contributed by atoms with Gasteiger partial charge >= 0.3 is 0 Å². The molecule has 3 heterocycles. The van der Waals surface area contributed by atoms with Crippen molar-refractivity contribution in [3.8, 4) is 0 Å². The van der Waals surface area contributed by atoms with E-state index in [4.69, 9.17) is 4.74 Å². The highest BCUT2D eigenvalue weighted by Gasteiger charge is 2.49. The van der Waals surface area contributed by atoms with Crippen LogP contribution in [-0.2, 0) is 15.1 Å². The molecule has 0 radical (unpaired) electrons. The largest absolute Gasteiger partial charge is 0.364 e. The second kappa shape index (κ2) is 6.78. The summed E-state index contributed by atoms with van der Waals surface area (Å²) in [6.45, 7) is 4.88. The van der Waals surface area contributed by atoms with Crippen LogP contribution in [0.5, 0.6) is 0 Å². The molecule has 0 bridgehead atoms. The maximum Gasteiger partial charge on any atom is 0.255 e. The summed E-state index contributed by atoms with van der Waals surface area (Å²) in [6, 6.07) is 11.8. The number of aryl methyl sites for hydroxylation is 2. The van der Waals surface area contributed by atoms with E-state index in [2.05, 4.69) is 10.3 Å². The van der Waals surface area contributed by atoms with E-state index in [0.717, 1.165) is 16.8 Å². The van der Waals surface area contributed by atoms with E-state index in [9.17, 15) is 9.59 Å². The molecule has 2 aliphatic rings. The van der Waals surface area contributed by atoms with Crippen LogP contribution < -0.4 is 5.32 Å². The number of carbonyl (C=O) groups excluding carboxylic acids is 2. The maximum absolute atomic E-state index is 13.0. The van der Waals surface area contributed by atoms with Crippen LogP contribution in [0.2, 0.25) is 0 Å². The van der Waals surface area contributed by atoms with Crippen molar-refractivity contribution in [3.63, 3.8) is 0 Å².